The Hall–Kier alpha value is -4.23. The summed E-state index contributed by atoms with van der Waals surface area (Å²) in [7, 11) is 4.91. The fourth-order valence-electron chi connectivity index (χ4n) is 4.71. The van der Waals surface area contributed by atoms with E-state index in [1.54, 1.807) is 36.4 Å². The number of ketones is 1. The molecule has 1 aliphatic rings. The van der Waals surface area contributed by atoms with Crippen LogP contribution in [0, 0.1) is 0 Å². The standard InChI is InChI=1S/C28H23ClN2O5/c1-30-15-20(19-9-4-5-10-22(19)30)25-24(26(32)16-11-12-23(36-3)21(29)13-16)27(33)28(34)31(25)17-7-6-8-18(14-17)35-2/h4-15,25,32H,1-3H3/b26-24+. The molecule has 1 aliphatic heterocycles. The number of halogens is 1. The van der Waals surface area contributed by atoms with Crippen molar-refractivity contribution in [1.29, 1.82) is 0 Å². The largest absolute Gasteiger partial charge is 0.507 e. The molecule has 1 aromatic heterocycles. The van der Waals surface area contributed by atoms with Crippen molar-refractivity contribution in [2.75, 3.05) is 19.1 Å². The number of aromatic nitrogens is 1. The lowest BCUT2D eigenvalue weighted by Crippen LogP contribution is -2.29. The van der Waals surface area contributed by atoms with Crippen molar-refractivity contribution in [2.45, 2.75) is 6.04 Å². The summed E-state index contributed by atoms with van der Waals surface area (Å²) in [6, 6.07) is 18.4. The third-order valence-corrected chi connectivity index (χ3v) is 6.72. The zero-order valence-electron chi connectivity index (χ0n) is 19.9. The first-order chi connectivity index (χ1) is 17.3. The van der Waals surface area contributed by atoms with Crippen molar-refractivity contribution >= 4 is 45.6 Å². The monoisotopic (exact) mass is 502 g/mol. The highest BCUT2D eigenvalue weighted by Gasteiger charge is 2.48. The molecule has 0 bridgehead atoms. The van der Waals surface area contributed by atoms with Gasteiger partial charge in [-0.2, -0.15) is 0 Å². The van der Waals surface area contributed by atoms with E-state index in [-0.39, 0.29) is 16.4 Å². The summed E-state index contributed by atoms with van der Waals surface area (Å²) < 4.78 is 12.5. The summed E-state index contributed by atoms with van der Waals surface area (Å²) in [5, 5.41) is 12.6. The second-order valence-corrected chi connectivity index (χ2v) is 8.84. The maximum absolute atomic E-state index is 13.5. The summed E-state index contributed by atoms with van der Waals surface area (Å²) in [6.07, 6.45) is 1.88. The Bertz CT molecular complexity index is 1550. The number of carbonyl (C=O) groups is 2. The van der Waals surface area contributed by atoms with Crippen molar-refractivity contribution < 1.29 is 24.2 Å². The smallest absolute Gasteiger partial charge is 0.300 e. The number of aryl methyl sites for hydroxylation is 1. The quantitative estimate of drug-likeness (QED) is 0.222. The molecule has 1 fully saturated rings. The van der Waals surface area contributed by atoms with Gasteiger partial charge in [0.05, 0.1) is 30.9 Å². The zero-order valence-corrected chi connectivity index (χ0v) is 20.6. The number of carbonyl (C=O) groups excluding carboxylic acids is 2. The van der Waals surface area contributed by atoms with E-state index in [1.807, 2.05) is 42.1 Å². The van der Waals surface area contributed by atoms with Gasteiger partial charge < -0.3 is 19.1 Å². The molecule has 2 heterocycles. The summed E-state index contributed by atoms with van der Waals surface area (Å²) in [6.45, 7) is 0. The number of aliphatic hydroxyl groups excluding tert-OH is 1. The van der Waals surface area contributed by atoms with Crippen molar-refractivity contribution in [3.05, 3.63) is 94.6 Å². The maximum atomic E-state index is 13.5. The minimum atomic E-state index is -0.885. The Balaban J connectivity index is 1.79. The molecule has 1 amide bonds. The Labute approximate surface area is 212 Å². The van der Waals surface area contributed by atoms with Gasteiger partial charge in [0.2, 0.25) is 0 Å². The summed E-state index contributed by atoms with van der Waals surface area (Å²) in [5.41, 5.74) is 2.38. The summed E-state index contributed by atoms with van der Waals surface area (Å²) in [4.78, 5) is 28.4. The molecule has 1 atom stereocenters. The number of hydrogen-bond acceptors (Lipinski definition) is 5. The lowest BCUT2D eigenvalue weighted by Gasteiger charge is -2.25. The summed E-state index contributed by atoms with van der Waals surface area (Å²) >= 11 is 6.30. The molecule has 1 saturated heterocycles. The molecule has 0 radical (unpaired) electrons. The second-order valence-electron chi connectivity index (χ2n) is 8.43. The third-order valence-electron chi connectivity index (χ3n) is 6.42. The van der Waals surface area contributed by atoms with E-state index in [2.05, 4.69) is 0 Å². The van der Waals surface area contributed by atoms with Crippen molar-refractivity contribution in [3.8, 4) is 11.5 Å². The van der Waals surface area contributed by atoms with E-state index in [4.69, 9.17) is 21.1 Å². The van der Waals surface area contributed by atoms with E-state index in [0.29, 0.717) is 28.3 Å². The van der Waals surface area contributed by atoms with Crippen LogP contribution in [0.1, 0.15) is 17.2 Å². The van der Waals surface area contributed by atoms with Gasteiger partial charge in [0.1, 0.15) is 17.3 Å². The van der Waals surface area contributed by atoms with Crippen LogP contribution in [0.3, 0.4) is 0 Å². The molecular weight excluding hydrogens is 480 g/mol. The number of Topliss-reactive ketones (excluding diaryl/α,β-unsaturated/α-hetero) is 1. The Morgan fingerprint density at radius 3 is 2.47 bits per heavy atom. The van der Waals surface area contributed by atoms with Gasteiger partial charge in [0.15, 0.2) is 0 Å². The average molecular weight is 503 g/mol. The van der Waals surface area contributed by atoms with Crippen LogP contribution in [0.4, 0.5) is 5.69 Å². The third kappa shape index (κ3) is 3.69. The number of benzene rings is 3. The topological polar surface area (TPSA) is 81.0 Å². The highest BCUT2D eigenvalue weighted by atomic mass is 35.5. The van der Waals surface area contributed by atoms with Crippen LogP contribution in [-0.2, 0) is 16.6 Å². The van der Waals surface area contributed by atoms with Crippen molar-refractivity contribution in [1.82, 2.24) is 4.57 Å². The molecule has 0 aliphatic carbocycles. The van der Waals surface area contributed by atoms with E-state index in [0.717, 1.165) is 10.9 Å². The van der Waals surface area contributed by atoms with Gasteiger partial charge in [-0.05, 0) is 36.4 Å². The molecule has 182 valence electrons. The summed E-state index contributed by atoms with van der Waals surface area (Å²) in [5.74, 6) is -0.896. The molecule has 7 nitrogen and oxygen atoms in total. The number of amides is 1. The number of hydrogen-bond donors (Lipinski definition) is 1. The molecule has 0 saturated carbocycles. The number of aliphatic hydroxyl groups is 1. The number of fused-ring (bicyclic) bond motifs is 1. The van der Waals surface area contributed by atoms with Gasteiger partial charge in [0.25, 0.3) is 11.7 Å². The van der Waals surface area contributed by atoms with Gasteiger partial charge in [-0.15, -0.1) is 0 Å². The molecule has 1 N–H and O–H groups in total. The molecule has 3 aromatic carbocycles. The van der Waals surface area contributed by atoms with Gasteiger partial charge in [0, 0.05) is 47.0 Å². The van der Waals surface area contributed by atoms with Crippen LogP contribution < -0.4 is 14.4 Å². The number of para-hydroxylation sites is 1. The lowest BCUT2D eigenvalue weighted by molar-refractivity contribution is -0.132. The van der Waals surface area contributed by atoms with Gasteiger partial charge >= 0.3 is 0 Å². The predicted octanol–water partition coefficient (Wildman–Crippen LogP) is 5.48. The minimum absolute atomic E-state index is 0.0274. The highest BCUT2D eigenvalue weighted by Crippen LogP contribution is 2.45. The van der Waals surface area contributed by atoms with Crippen LogP contribution in [0.5, 0.6) is 11.5 Å². The molecule has 36 heavy (non-hydrogen) atoms. The SMILES string of the molecule is COc1cccc(N2C(=O)C(=O)/C(=C(/O)c3ccc(OC)c(Cl)c3)C2c2cn(C)c3ccccc23)c1. The number of nitrogens with zero attached hydrogens (tertiary/aromatic N) is 2. The molecular formula is C28H23ClN2O5. The second kappa shape index (κ2) is 9.09. The van der Waals surface area contributed by atoms with Crippen LogP contribution in [0.15, 0.2) is 78.5 Å². The van der Waals surface area contributed by atoms with E-state index < -0.39 is 17.7 Å². The lowest BCUT2D eigenvalue weighted by atomic mass is 9.94. The Morgan fingerprint density at radius 2 is 1.75 bits per heavy atom. The molecule has 0 spiro atoms. The van der Waals surface area contributed by atoms with Crippen LogP contribution in [-0.4, -0.2) is 35.6 Å². The van der Waals surface area contributed by atoms with Crippen LogP contribution >= 0.6 is 11.6 Å². The van der Waals surface area contributed by atoms with Gasteiger partial charge in [-0.25, -0.2) is 0 Å². The molecule has 5 rings (SSSR count). The Morgan fingerprint density at radius 1 is 0.972 bits per heavy atom. The van der Waals surface area contributed by atoms with E-state index >= 15 is 0 Å². The first kappa shape index (κ1) is 23.5. The first-order valence-corrected chi connectivity index (χ1v) is 11.6. The van der Waals surface area contributed by atoms with Crippen LogP contribution in [0.2, 0.25) is 5.02 Å². The number of rotatable bonds is 5. The average Bonchev–Trinajstić information content (AvgIpc) is 3.36. The van der Waals surface area contributed by atoms with Gasteiger partial charge in [-0.1, -0.05) is 35.9 Å². The van der Waals surface area contributed by atoms with E-state index in [9.17, 15) is 14.7 Å². The fourth-order valence-corrected chi connectivity index (χ4v) is 4.97. The van der Waals surface area contributed by atoms with E-state index in [1.165, 1.54) is 25.2 Å². The minimum Gasteiger partial charge on any atom is -0.507 e. The van der Waals surface area contributed by atoms with Crippen molar-refractivity contribution in [3.63, 3.8) is 0 Å². The highest BCUT2D eigenvalue weighted by molar-refractivity contribution is 6.52. The van der Waals surface area contributed by atoms with Gasteiger partial charge in [-0.3, -0.25) is 14.5 Å². The first-order valence-electron chi connectivity index (χ1n) is 11.2. The molecule has 4 aromatic rings. The zero-order chi connectivity index (χ0) is 25.6. The molecule has 8 heteroatoms. The predicted molar refractivity (Wildman–Crippen MR) is 139 cm³/mol. The normalized spacial score (nSPS) is 17.1. The number of methoxy groups -OCH3 is 2. The Kier molecular flexibility index (Phi) is 5.94. The fraction of sp³-hybridized carbons (Fsp3) is 0.143. The number of anilines is 1. The van der Waals surface area contributed by atoms with Crippen LogP contribution in [0.25, 0.3) is 16.7 Å². The maximum Gasteiger partial charge on any atom is 0.300 e. The molecule has 1 unspecified atom stereocenters. The van der Waals surface area contributed by atoms with Crippen molar-refractivity contribution in [2.24, 2.45) is 7.05 Å². The number of ether oxygens (including phenoxy) is 2.